The van der Waals surface area contributed by atoms with Gasteiger partial charge in [0.1, 0.15) is 17.9 Å². The summed E-state index contributed by atoms with van der Waals surface area (Å²) in [6.45, 7) is 3.43. The Morgan fingerprint density at radius 1 is 1.44 bits per heavy atom. The second kappa shape index (κ2) is 4.73. The zero-order valence-corrected chi connectivity index (χ0v) is 10.5. The predicted molar refractivity (Wildman–Crippen MR) is 64.8 cm³/mol. The summed E-state index contributed by atoms with van der Waals surface area (Å²) < 4.78 is 20.6. The molecule has 96 valence electrons. The predicted octanol–water partition coefficient (Wildman–Crippen LogP) is 2.07. The van der Waals surface area contributed by atoms with E-state index in [0.717, 1.165) is 0 Å². The average Bonchev–Trinajstić information content (AvgIpc) is 2.68. The third-order valence-electron chi connectivity index (χ3n) is 2.56. The van der Waals surface area contributed by atoms with Crippen LogP contribution >= 0.6 is 0 Å². The summed E-state index contributed by atoms with van der Waals surface area (Å²) in [5, 5.41) is 4.01. The maximum Gasteiger partial charge on any atom is 0.340 e. The van der Waals surface area contributed by atoms with E-state index < -0.39 is 0 Å². The molecule has 0 bridgehead atoms. The molecule has 1 aromatic carbocycles. The molecular weight excluding hydrogens is 235 g/mol. The molecule has 1 aromatic heterocycles. The summed E-state index contributed by atoms with van der Waals surface area (Å²) in [4.78, 5) is 3.96. The number of rotatable bonds is 3. The molecule has 0 radical (unpaired) electrons. The van der Waals surface area contributed by atoms with Crippen LogP contribution in [-0.4, -0.2) is 14.8 Å². The van der Waals surface area contributed by atoms with Crippen LogP contribution in [0.1, 0.15) is 24.1 Å². The van der Waals surface area contributed by atoms with Crippen LogP contribution in [0.4, 0.5) is 4.39 Å². The van der Waals surface area contributed by atoms with Crippen LogP contribution in [0.15, 0.2) is 18.5 Å². The Labute approximate surface area is 104 Å². The van der Waals surface area contributed by atoms with Gasteiger partial charge in [0.25, 0.3) is 0 Å². The summed E-state index contributed by atoms with van der Waals surface area (Å²) in [5.74, 6) is 0.179. The lowest BCUT2D eigenvalue weighted by Crippen LogP contribution is -2.08. The van der Waals surface area contributed by atoms with E-state index in [4.69, 9.17) is 10.5 Å². The van der Waals surface area contributed by atoms with Crippen molar-refractivity contribution < 1.29 is 9.13 Å². The Kier molecular flexibility index (Phi) is 3.29. The van der Waals surface area contributed by atoms with E-state index in [0.29, 0.717) is 16.9 Å². The SMILES string of the molecule is Cc1cc(Oc2ncn(C)n2)c(C(C)N)cc1F. The first-order valence-corrected chi connectivity index (χ1v) is 5.56. The normalized spacial score (nSPS) is 12.5. The zero-order valence-electron chi connectivity index (χ0n) is 10.5. The Morgan fingerprint density at radius 2 is 2.17 bits per heavy atom. The summed E-state index contributed by atoms with van der Waals surface area (Å²) in [5.41, 5.74) is 6.88. The van der Waals surface area contributed by atoms with Crippen molar-refractivity contribution in [3.8, 4) is 11.8 Å². The lowest BCUT2D eigenvalue weighted by atomic mass is 10.1. The van der Waals surface area contributed by atoms with Crippen molar-refractivity contribution in [3.05, 3.63) is 35.4 Å². The monoisotopic (exact) mass is 250 g/mol. The summed E-state index contributed by atoms with van der Waals surface area (Å²) in [7, 11) is 1.74. The molecule has 1 unspecified atom stereocenters. The van der Waals surface area contributed by atoms with E-state index in [1.165, 1.54) is 17.1 Å². The van der Waals surface area contributed by atoms with Crippen LogP contribution < -0.4 is 10.5 Å². The second-order valence-electron chi connectivity index (χ2n) is 4.23. The van der Waals surface area contributed by atoms with E-state index in [1.54, 1.807) is 27.0 Å². The highest BCUT2D eigenvalue weighted by Gasteiger charge is 2.14. The lowest BCUT2D eigenvalue weighted by Gasteiger charge is -2.13. The van der Waals surface area contributed by atoms with E-state index in [2.05, 4.69) is 10.1 Å². The topological polar surface area (TPSA) is 66.0 Å². The Bertz CT molecular complexity index is 565. The average molecular weight is 250 g/mol. The van der Waals surface area contributed by atoms with Crippen LogP contribution in [-0.2, 0) is 7.05 Å². The summed E-state index contributed by atoms with van der Waals surface area (Å²) >= 11 is 0. The van der Waals surface area contributed by atoms with Gasteiger partial charge < -0.3 is 10.5 Å². The summed E-state index contributed by atoms with van der Waals surface area (Å²) in [6.07, 6.45) is 1.53. The number of aryl methyl sites for hydroxylation is 2. The maximum atomic E-state index is 13.5. The standard InChI is InChI=1S/C12H15FN4O/c1-7-4-11(9(8(2)14)5-10(7)13)18-12-15-6-17(3)16-12/h4-6,8H,14H2,1-3H3. The first-order chi connectivity index (χ1) is 8.47. The minimum atomic E-state index is -0.334. The third-order valence-corrected chi connectivity index (χ3v) is 2.56. The molecule has 1 heterocycles. The van der Waals surface area contributed by atoms with Gasteiger partial charge in [-0.2, -0.15) is 4.98 Å². The highest BCUT2D eigenvalue weighted by Crippen LogP contribution is 2.29. The van der Waals surface area contributed by atoms with Crippen LogP contribution in [0, 0.1) is 12.7 Å². The zero-order chi connectivity index (χ0) is 13.3. The minimum absolute atomic E-state index is 0.213. The van der Waals surface area contributed by atoms with E-state index in [9.17, 15) is 4.39 Å². The molecule has 0 aliphatic carbocycles. The Balaban J connectivity index is 2.39. The van der Waals surface area contributed by atoms with Gasteiger partial charge in [0.05, 0.1) is 0 Å². The van der Waals surface area contributed by atoms with Crippen molar-refractivity contribution in [3.63, 3.8) is 0 Å². The smallest absolute Gasteiger partial charge is 0.340 e. The van der Waals surface area contributed by atoms with Crippen molar-refractivity contribution in [2.24, 2.45) is 12.8 Å². The van der Waals surface area contributed by atoms with Gasteiger partial charge in [0, 0.05) is 18.7 Å². The maximum absolute atomic E-state index is 13.5. The molecule has 5 nitrogen and oxygen atoms in total. The van der Waals surface area contributed by atoms with Crippen molar-refractivity contribution >= 4 is 0 Å². The van der Waals surface area contributed by atoms with Gasteiger partial charge in [-0.05, 0) is 31.5 Å². The molecule has 6 heteroatoms. The molecule has 0 fully saturated rings. The number of ether oxygens (including phenoxy) is 1. The van der Waals surface area contributed by atoms with E-state index in [-0.39, 0.29) is 17.9 Å². The van der Waals surface area contributed by atoms with Crippen molar-refractivity contribution in [1.82, 2.24) is 14.8 Å². The number of halogens is 1. The van der Waals surface area contributed by atoms with Gasteiger partial charge in [-0.25, -0.2) is 4.39 Å². The first-order valence-electron chi connectivity index (χ1n) is 5.56. The molecule has 0 aliphatic rings. The highest BCUT2D eigenvalue weighted by molar-refractivity contribution is 5.41. The Hall–Kier alpha value is -1.95. The molecule has 0 aliphatic heterocycles. The van der Waals surface area contributed by atoms with Gasteiger partial charge in [-0.3, -0.25) is 4.68 Å². The number of benzene rings is 1. The molecule has 1 atom stereocenters. The van der Waals surface area contributed by atoms with Gasteiger partial charge in [-0.1, -0.05) is 0 Å². The fourth-order valence-electron chi connectivity index (χ4n) is 1.58. The highest BCUT2D eigenvalue weighted by atomic mass is 19.1. The number of aromatic nitrogens is 3. The molecular formula is C12H15FN4O. The fraction of sp³-hybridized carbons (Fsp3) is 0.333. The summed E-state index contributed by atoms with van der Waals surface area (Å²) in [6, 6.07) is 2.87. The van der Waals surface area contributed by atoms with Crippen LogP contribution in [0.2, 0.25) is 0 Å². The quantitative estimate of drug-likeness (QED) is 0.905. The molecule has 18 heavy (non-hydrogen) atoms. The number of nitrogens with zero attached hydrogens (tertiary/aromatic N) is 3. The third kappa shape index (κ3) is 2.48. The largest absolute Gasteiger partial charge is 0.423 e. The molecule has 2 aromatic rings. The molecule has 0 saturated carbocycles. The van der Waals surface area contributed by atoms with Crippen molar-refractivity contribution in [1.29, 1.82) is 0 Å². The second-order valence-corrected chi connectivity index (χ2v) is 4.23. The number of nitrogens with two attached hydrogens (primary N) is 1. The minimum Gasteiger partial charge on any atom is -0.423 e. The first kappa shape index (κ1) is 12.5. The molecule has 0 spiro atoms. The fourth-order valence-corrected chi connectivity index (χ4v) is 1.58. The van der Waals surface area contributed by atoms with Crippen molar-refractivity contribution in [2.75, 3.05) is 0 Å². The molecule has 0 saturated heterocycles. The number of hydrogen-bond acceptors (Lipinski definition) is 4. The van der Waals surface area contributed by atoms with Gasteiger partial charge >= 0.3 is 6.01 Å². The van der Waals surface area contributed by atoms with Crippen LogP contribution in [0.25, 0.3) is 0 Å². The van der Waals surface area contributed by atoms with Crippen molar-refractivity contribution in [2.45, 2.75) is 19.9 Å². The Morgan fingerprint density at radius 3 is 2.72 bits per heavy atom. The van der Waals surface area contributed by atoms with Gasteiger partial charge in [0.2, 0.25) is 0 Å². The van der Waals surface area contributed by atoms with Crippen LogP contribution in [0.3, 0.4) is 0 Å². The number of hydrogen-bond donors (Lipinski definition) is 1. The van der Waals surface area contributed by atoms with E-state index >= 15 is 0 Å². The molecule has 0 amide bonds. The molecule has 2 rings (SSSR count). The van der Waals surface area contributed by atoms with Gasteiger partial charge in [0.15, 0.2) is 0 Å². The van der Waals surface area contributed by atoms with Crippen LogP contribution in [0.5, 0.6) is 11.8 Å². The van der Waals surface area contributed by atoms with E-state index in [1.807, 2.05) is 0 Å². The lowest BCUT2D eigenvalue weighted by molar-refractivity contribution is 0.428. The molecule has 2 N–H and O–H groups in total. The van der Waals surface area contributed by atoms with Gasteiger partial charge in [-0.15, -0.1) is 5.10 Å².